The number of benzene rings is 2. The van der Waals surface area contributed by atoms with Crippen LogP contribution in [0.1, 0.15) is 36.2 Å². The van der Waals surface area contributed by atoms with Gasteiger partial charge in [-0.15, -0.1) is 0 Å². The maximum Gasteiger partial charge on any atom is 0.306 e. The molecule has 29 heavy (non-hydrogen) atoms. The highest BCUT2D eigenvalue weighted by atomic mass is 16.5. The number of nitrogens with one attached hydrogen (secondary N) is 1. The Hall–Kier alpha value is -3.35. The highest BCUT2D eigenvalue weighted by molar-refractivity contribution is 5.98. The van der Waals surface area contributed by atoms with Crippen LogP contribution in [0.25, 0.3) is 0 Å². The van der Waals surface area contributed by atoms with Crippen molar-refractivity contribution in [1.82, 2.24) is 0 Å². The van der Waals surface area contributed by atoms with E-state index in [9.17, 15) is 14.4 Å². The number of esters is 1. The standard InChI is InChI=1S/C22H25NO6/c1-14(24)17-6-5-7-18(13-17)23-22(26)15(2)29-21(25)11-9-16-8-10-19(27-3)20(12-16)28-4/h5-8,10,12-13,15H,9,11H2,1-4H3,(H,23,26)/t15-/m0/s1. The molecule has 2 aromatic rings. The van der Waals surface area contributed by atoms with Crippen LogP contribution < -0.4 is 14.8 Å². The predicted molar refractivity (Wildman–Crippen MR) is 108 cm³/mol. The first-order chi connectivity index (χ1) is 13.8. The van der Waals surface area contributed by atoms with Crippen LogP contribution in [0.2, 0.25) is 0 Å². The van der Waals surface area contributed by atoms with Gasteiger partial charge in [-0.05, 0) is 50.1 Å². The largest absolute Gasteiger partial charge is 0.493 e. The van der Waals surface area contributed by atoms with E-state index in [-0.39, 0.29) is 12.2 Å². The first kappa shape index (κ1) is 21.9. The molecule has 0 radical (unpaired) electrons. The molecule has 0 aromatic heterocycles. The molecular formula is C22H25NO6. The topological polar surface area (TPSA) is 90.9 Å². The molecule has 1 N–H and O–H groups in total. The van der Waals surface area contributed by atoms with E-state index >= 15 is 0 Å². The fourth-order valence-corrected chi connectivity index (χ4v) is 2.65. The molecule has 154 valence electrons. The van der Waals surface area contributed by atoms with Crippen molar-refractivity contribution in [3.8, 4) is 11.5 Å². The lowest BCUT2D eigenvalue weighted by Gasteiger charge is -2.14. The number of aryl methyl sites for hydroxylation is 1. The first-order valence-electron chi connectivity index (χ1n) is 9.16. The van der Waals surface area contributed by atoms with Crippen LogP contribution in [0.4, 0.5) is 5.69 Å². The minimum atomic E-state index is -0.964. The van der Waals surface area contributed by atoms with Crippen molar-refractivity contribution in [2.24, 2.45) is 0 Å². The Balaban J connectivity index is 1.87. The van der Waals surface area contributed by atoms with Gasteiger partial charge in [-0.25, -0.2) is 0 Å². The molecule has 0 unspecified atom stereocenters. The Morgan fingerprint density at radius 3 is 2.38 bits per heavy atom. The van der Waals surface area contributed by atoms with Crippen molar-refractivity contribution in [1.29, 1.82) is 0 Å². The molecule has 0 bridgehead atoms. The molecule has 0 spiro atoms. The van der Waals surface area contributed by atoms with Crippen LogP contribution in [-0.2, 0) is 20.7 Å². The maximum atomic E-state index is 12.3. The zero-order valence-corrected chi connectivity index (χ0v) is 17.0. The average Bonchev–Trinajstić information content (AvgIpc) is 2.72. The van der Waals surface area contributed by atoms with Gasteiger partial charge in [0, 0.05) is 17.7 Å². The summed E-state index contributed by atoms with van der Waals surface area (Å²) in [6.45, 7) is 2.95. The molecule has 0 aliphatic carbocycles. The summed E-state index contributed by atoms with van der Waals surface area (Å²) in [4.78, 5) is 35.8. The number of hydrogen-bond acceptors (Lipinski definition) is 6. The fraction of sp³-hybridized carbons (Fsp3) is 0.318. The Kier molecular flexibility index (Phi) is 7.77. The molecule has 0 aliphatic heterocycles. The zero-order valence-electron chi connectivity index (χ0n) is 17.0. The van der Waals surface area contributed by atoms with E-state index in [0.29, 0.717) is 29.2 Å². The third-order valence-electron chi connectivity index (χ3n) is 4.28. The van der Waals surface area contributed by atoms with E-state index < -0.39 is 18.0 Å². The fourth-order valence-electron chi connectivity index (χ4n) is 2.65. The molecule has 7 nitrogen and oxygen atoms in total. The average molecular weight is 399 g/mol. The van der Waals surface area contributed by atoms with E-state index in [1.165, 1.54) is 13.8 Å². The molecule has 0 heterocycles. The number of methoxy groups -OCH3 is 2. The summed E-state index contributed by atoms with van der Waals surface area (Å²) in [5, 5.41) is 2.65. The quantitative estimate of drug-likeness (QED) is 0.513. The van der Waals surface area contributed by atoms with Gasteiger partial charge in [0.15, 0.2) is 23.4 Å². The molecule has 1 atom stereocenters. The van der Waals surface area contributed by atoms with Crippen LogP contribution in [0.15, 0.2) is 42.5 Å². The van der Waals surface area contributed by atoms with Crippen LogP contribution in [0, 0.1) is 0 Å². The minimum absolute atomic E-state index is 0.101. The summed E-state index contributed by atoms with van der Waals surface area (Å²) in [6.07, 6.45) is -0.407. The monoisotopic (exact) mass is 399 g/mol. The van der Waals surface area contributed by atoms with E-state index in [1.54, 1.807) is 50.6 Å². The number of rotatable bonds is 9. The first-order valence-corrected chi connectivity index (χ1v) is 9.16. The van der Waals surface area contributed by atoms with Crippen molar-refractivity contribution in [2.45, 2.75) is 32.8 Å². The molecule has 2 rings (SSSR count). The third-order valence-corrected chi connectivity index (χ3v) is 4.28. The molecule has 0 saturated heterocycles. The van der Waals surface area contributed by atoms with Crippen molar-refractivity contribution in [3.05, 3.63) is 53.6 Å². The van der Waals surface area contributed by atoms with Gasteiger partial charge < -0.3 is 19.5 Å². The van der Waals surface area contributed by atoms with Crippen molar-refractivity contribution >= 4 is 23.3 Å². The van der Waals surface area contributed by atoms with Gasteiger partial charge in [-0.3, -0.25) is 14.4 Å². The molecule has 7 heteroatoms. The Morgan fingerprint density at radius 1 is 1.00 bits per heavy atom. The maximum absolute atomic E-state index is 12.3. The smallest absolute Gasteiger partial charge is 0.306 e. The van der Waals surface area contributed by atoms with Gasteiger partial charge in [0.25, 0.3) is 5.91 Å². The van der Waals surface area contributed by atoms with Crippen LogP contribution >= 0.6 is 0 Å². The minimum Gasteiger partial charge on any atom is -0.493 e. The van der Waals surface area contributed by atoms with E-state index in [2.05, 4.69) is 5.32 Å². The molecule has 0 saturated carbocycles. The molecule has 0 fully saturated rings. The molecule has 2 aromatic carbocycles. The Morgan fingerprint density at radius 2 is 1.72 bits per heavy atom. The molecule has 1 amide bonds. The van der Waals surface area contributed by atoms with Crippen LogP contribution in [0.5, 0.6) is 11.5 Å². The van der Waals surface area contributed by atoms with Gasteiger partial charge in [-0.2, -0.15) is 0 Å². The number of amides is 1. The normalized spacial score (nSPS) is 11.3. The second-order valence-corrected chi connectivity index (χ2v) is 6.45. The summed E-state index contributed by atoms with van der Waals surface area (Å²) in [5.74, 6) is 0.137. The lowest BCUT2D eigenvalue weighted by molar-refractivity contribution is -0.153. The summed E-state index contributed by atoms with van der Waals surface area (Å²) < 4.78 is 15.6. The van der Waals surface area contributed by atoms with Crippen LogP contribution in [0.3, 0.4) is 0 Å². The number of hydrogen-bond donors (Lipinski definition) is 1. The number of carbonyl (C=O) groups excluding carboxylic acids is 3. The molecule has 0 aliphatic rings. The summed E-state index contributed by atoms with van der Waals surface area (Å²) >= 11 is 0. The number of anilines is 1. The third kappa shape index (κ3) is 6.34. The highest BCUT2D eigenvalue weighted by Gasteiger charge is 2.18. The number of carbonyl (C=O) groups is 3. The highest BCUT2D eigenvalue weighted by Crippen LogP contribution is 2.28. The van der Waals surface area contributed by atoms with Crippen LogP contribution in [-0.4, -0.2) is 38.0 Å². The number of ether oxygens (including phenoxy) is 3. The van der Waals surface area contributed by atoms with E-state index in [1.807, 2.05) is 6.07 Å². The zero-order chi connectivity index (χ0) is 21.4. The second kappa shape index (κ2) is 10.3. The summed E-state index contributed by atoms with van der Waals surface area (Å²) in [7, 11) is 3.10. The van der Waals surface area contributed by atoms with E-state index in [0.717, 1.165) is 5.56 Å². The number of Topliss-reactive ketones (excluding diaryl/α,β-unsaturated/α-hetero) is 1. The number of ketones is 1. The second-order valence-electron chi connectivity index (χ2n) is 6.45. The summed E-state index contributed by atoms with van der Waals surface area (Å²) in [5.41, 5.74) is 1.84. The van der Waals surface area contributed by atoms with Gasteiger partial charge in [-0.1, -0.05) is 18.2 Å². The molecular weight excluding hydrogens is 374 g/mol. The summed E-state index contributed by atoms with van der Waals surface area (Å²) in [6, 6.07) is 12.0. The lowest BCUT2D eigenvalue weighted by atomic mass is 10.1. The van der Waals surface area contributed by atoms with Gasteiger partial charge in [0.2, 0.25) is 0 Å². The van der Waals surface area contributed by atoms with Crippen molar-refractivity contribution < 1.29 is 28.6 Å². The van der Waals surface area contributed by atoms with Gasteiger partial charge in [0.1, 0.15) is 0 Å². The Labute approximate surface area is 170 Å². The lowest BCUT2D eigenvalue weighted by Crippen LogP contribution is -2.30. The Bertz CT molecular complexity index is 893. The van der Waals surface area contributed by atoms with Crippen molar-refractivity contribution in [3.63, 3.8) is 0 Å². The van der Waals surface area contributed by atoms with Crippen molar-refractivity contribution in [2.75, 3.05) is 19.5 Å². The van der Waals surface area contributed by atoms with E-state index in [4.69, 9.17) is 14.2 Å². The van der Waals surface area contributed by atoms with Gasteiger partial charge >= 0.3 is 5.97 Å². The predicted octanol–water partition coefficient (Wildman–Crippen LogP) is 3.41. The SMILES string of the molecule is COc1ccc(CCC(=O)O[C@@H](C)C(=O)Nc2cccc(C(C)=O)c2)cc1OC. The van der Waals surface area contributed by atoms with Gasteiger partial charge in [0.05, 0.1) is 14.2 Å².